The van der Waals surface area contributed by atoms with E-state index >= 15 is 0 Å². The average Bonchev–Trinajstić information content (AvgIpc) is 3.14. The van der Waals surface area contributed by atoms with Gasteiger partial charge >= 0.3 is 0 Å². The van der Waals surface area contributed by atoms with Crippen LogP contribution in [-0.4, -0.2) is 54.1 Å². The molecule has 3 aromatic rings. The molecule has 0 radical (unpaired) electrons. The number of amides is 1. The zero-order valence-electron chi connectivity index (χ0n) is 16.8. The fraction of sp³-hybridized carbons (Fsp3) is 0.450. The Morgan fingerprint density at radius 3 is 2.93 bits per heavy atom. The van der Waals surface area contributed by atoms with Crippen molar-refractivity contribution in [2.75, 3.05) is 13.6 Å². The number of carbonyl (C=O) groups excluding carboxylic acids is 1. The zero-order valence-corrected chi connectivity index (χ0v) is 16.8. The normalized spacial score (nSPS) is 15.5. The third kappa shape index (κ3) is 3.96. The Hall–Kier alpha value is -2.91. The van der Waals surface area contributed by atoms with E-state index in [0.29, 0.717) is 22.9 Å². The van der Waals surface area contributed by atoms with Crippen LogP contribution in [0.1, 0.15) is 53.2 Å². The largest absolute Gasteiger partial charge is 0.385 e. The smallest absolute Gasteiger partial charge is 0.253 e. The lowest BCUT2D eigenvalue weighted by molar-refractivity contribution is 0.0948. The van der Waals surface area contributed by atoms with Crippen molar-refractivity contribution < 1.29 is 9.90 Å². The molecule has 1 aliphatic rings. The van der Waals surface area contributed by atoms with Crippen LogP contribution in [0.3, 0.4) is 0 Å². The van der Waals surface area contributed by atoms with Crippen molar-refractivity contribution in [3.05, 3.63) is 53.0 Å². The summed E-state index contributed by atoms with van der Waals surface area (Å²) in [5.74, 6) is 0.767. The summed E-state index contributed by atoms with van der Waals surface area (Å²) in [6, 6.07) is 3.40. The third-order valence-corrected chi connectivity index (χ3v) is 5.17. The number of nitrogens with one attached hydrogen (secondary N) is 1. The molecule has 29 heavy (non-hydrogen) atoms. The van der Waals surface area contributed by atoms with Gasteiger partial charge < -0.3 is 15.3 Å². The summed E-state index contributed by atoms with van der Waals surface area (Å²) in [4.78, 5) is 23.9. The minimum Gasteiger partial charge on any atom is -0.385 e. The molecule has 9 nitrogen and oxygen atoms in total. The molecule has 2 N–H and O–H groups in total. The molecule has 0 fully saturated rings. The highest BCUT2D eigenvalue weighted by Crippen LogP contribution is 2.20. The average molecular weight is 395 g/mol. The Bertz CT molecular complexity index is 1050. The van der Waals surface area contributed by atoms with Crippen LogP contribution in [0, 0.1) is 5.92 Å². The van der Waals surface area contributed by atoms with Gasteiger partial charge in [-0.15, -0.1) is 10.2 Å². The number of pyridine rings is 1. The van der Waals surface area contributed by atoms with E-state index in [0.717, 1.165) is 30.8 Å². The highest BCUT2D eigenvalue weighted by Gasteiger charge is 2.20. The van der Waals surface area contributed by atoms with Crippen molar-refractivity contribution in [3.63, 3.8) is 0 Å². The van der Waals surface area contributed by atoms with Crippen LogP contribution in [0.15, 0.2) is 24.5 Å². The predicted octanol–water partition coefficient (Wildman–Crippen LogP) is 1.13. The number of aliphatic hydroxyl groups is 1. The standard InChI is InChI=1S/C20H25N7O2/c1-12(2)18(28)19-25-24-17-5-4-13(11-27(17)19)20(29)22-9-16-21-8-14-10-26(3)7-6-15(14)23-16/h4-5,8,11-12,18,28H,6-7,9-10H2,1-3H3,(H,22,29). The Morgan fingerprint density at radius 2 is 2.14 bits per heavy atom. The quantitative estimate of drug-likeness (QED) is 0.666. The molecular weight excluding hydrogens is 370 g/mol. The summed E-state index contributed by atoms with van der Waals surface area (Å²) in [5, 5.41) is 21.3. The Balaban J connectivity index is 1.49. The number of rotatable bonds is 5. The first-order chi connectivity index (χ1) is 13.9. The summed E-state index contributed by atoms with van der Waals surface area (Å²) in [6.07, 6.45) is 3.63. The van der Waals surface area contributed by atoms with Crippen molar-refractivity contribution in [1.82, 2.24) is 34.8 Å². The molecule has 152 valence electrons. The van der Waals surface area contributed by atoms with Gasteiger partial charge in [0.15, 0.2) is 11.5 Å². The molecule has 0 bridgehead atoms. The van der Waals surface area contributed by atoms with E-state index in [1.807, 2.05) is 20.0 Å². The molecule has 1 amide bonds. The monoisotopic (exact) mass is 395 g/mol. The molecule has 0 saturated heterocycles. The lowest BCUT2D eigenvalue weighted by atomic mass is 10.1. The van der Waals surface area contributed by atoms with Crippen molar-refractivity contribution in [2.45, 2.75) is 39.5 Å². The van der Waals surface area contributed by atoms with Crippen molar-refractivity contribution in [1.29, 1.82) is 0 Å². The SMILES string of the molecule is CC(C)C(O)c1nnc2ccc(C(=O)NCc3ncc4c(n3)CCN(C)C4)cn12. The minimum atomic E-state index is -0.758. The third-order valence-electron chi connectivity index (χ3n) is 5.17. The van der Waals surface area contributed by atoms with Gasteiger partial charge in [-0.3, -0.25) is 9.20 Å². The van der Waals surface area contributed by atoms with Gasteiger partial charge in [-0.05, 0) is 25.1 Å². The number of hydrogen-bond donors (Lipinski definition) is 2. The van der Waals surface area contributed by atoms with E-state index in [4.69, 9.17) is 0 Å². The summed E-state index contributed by atoms with van der Waals surface area (Å²) in [6.45, 7) is 5.88. The van der Waals surface area contributed by atoms with Crippen LogP contribution >= 0.6 is 0 Å². The van der Waals surface area contributed by atoms with E-state index < -0.39 is 6.10 Å². The Kier molecular flexibility index (Phi) is 5.25. The molecule has 3 aromatic heterocycles. The maximum absolute atomic E-state index is 12.6. The van der Waals surface area contributed by atoms with Gasteiger partial charge in [0, 0.05) is 43.2 Å². The second-order valence-corrected chi connectivity index (χ2v) is 7.82. The van der Waals surface area contributed by atoms with Crippen molar-refractivity contribution in [2.24, 2.45) is 5.92 Å². The van der Waals surface area contributed by atoms with Crippen molar-refractivity contribution >= 4 is 11.6 Å². The lowest BCUT2D eigenvalue weighted by Gasteiger charge is -2.23. The first-order valence-electron chi connectivity index (χ1n) is 9.75. The number of aromatic nitrogens is 5. The van der Waals surface area contributed by atoms with Gasteiger partial charge in [-0.25, -0.2) is 9.97 Å². The molecule has 0 spiro atoms. The first-order valence-corrected chi connectivity index (χ1v) is 9.75. The summed E-state index contributed by atoms with van der Waals surface area (Å²) in [5.41, 5.74) is 3.23. The number of hydrogen-bond acceptors (Lipinski definition) is 7. The molecule has 1 aliphatic heterocycles. The Morgan fingerprint density at radius 1 is 1.31 bits per heavy atom. The van der Waals surface area contributed by atoms with E-state index in [9.17, 15) is 9.90 Å². The van der Waals surface area contributed by atoms with Crippen LogP contribution in [-0.2, 0) is 19.5 Å². The van der Waals surface area contributed by atoms with Crippen LogP contribution in [0.5, 0.6) is 0 Å². The topological polar surface area (TPSA) is 109 Å². The maximum Gasteiger partial charge on any atom is 0.253 e. The van der Waals surface area contributed by atoms with Gasteiger partial charge in [0.1, 0.15) is 11.9 Å². The molecular formula is C20H25N7O2. The number of likely N-dealkylation sites (N-methyl/N-ethyl adjacent to an activating group) is 1. The maximum atomic E-state index is 12.6. The fourth-order valence-electron chi connectivity index (χ4n) is 3.39. The van der Waals surface area contributed by atoms with E-state index in [2.05, 4.69) is 37.4 Å². The van der Waals surface area contributed by atoms with Crippen LogP contribution in [0.2, 0.25) is 0 Å². The number of aliphatic hydroxyl groups excluding tert-OH is 1. The molecule has 0 aliphatic carbocycles. The molecule has 1 unspecified atom stereocenters. The van der Waals surface area contributed by atoms with Gasteiger partial charge in [0.25, 0.3) is 5.91 Å². The Labute approximate surface area is 168 Å². The fourth-order valence-corrected chi connectivity index (χ4v) is 3.39. The number of carbonyl (C=O) groups is 1. The number of nitrogens with zero attached hydrogens (tertiary/aromatic N) is 6. The molecule has 4 heterocycles. The van der Waals surface area contributed by atoms with Crippen LogP contribution in [0.25, 0.3) is 5.65 Å². The highest BCUT2D eigenvalue weighted by atomic mass is 16.3. The molecule has 0 aromatic carbocycles. The van der Waals surface area contributed by atoms with E-state index in [-0.39, 0.29) is 18.4 Å². The molecule has 1 atom stereocenters. The molecule has 9 heteroatoms. The number of fused-ring (bicyclic) bond motifs is 2. The van der Waals surface area contributed by atoms with Crippen molar-refractivity contribution in [3.8, 4) is 0 Å². The van der Waals surface area contributed by atoms with Gasteiger partial charge in [-0.2, -0.15) is 0 Å². The molecule has 0 saturated carbocycles. The van der Waals surface area contributed by atoms with E-state index in [1.165, 1.54) is 0 Å². The van der Waals surface area contributed by atoms with Crippen LogP contribution in [0.4, 0.5) is 0 Å². The second kappa shape index (κ2) is 7.84. The van der Waals surface area contributed by atoms with Gasteiger partial charge in [-0.1, -0.05) is 13.8 Å². The van der Waals surface area contributed by atoms with Gasteiger partial charge in [0.2, 0.25) is 0 Å². The highest BCUT2D eigenvalue weighted by molar-refractivity contribution is 5.94. The van der Waals surface area contributed by atoms with E-state index in [1.54, 1.807) is 22.7 Å². The zero-order chi connectivity index (χ0) is 20.5. The summed E-state index contributed by atoms with van der Waals surface area (Å²) < 4.78 is 1.66. The summed E-state index contributed by atoms with van der Waals surface area (Å²) >= 11 is 0. The first kappa shape index (κ1) is 19.4. The van der Waals surface area contributed by atoms with Gasteiger partial charge in [0.05, 0.1) is 12.1 Å². The lowest BCUT2D eigenvalue weighted by Crippen LogP contribution is -2.29. The predicted molar refractivity (Wildman–Crippen MR) is 106 cm³/mol. The minimum absolute atomic E-state index is 0.0131. The molecule has 4 rings (SSSR count). The van der Waals surface area contributed by atoms with Crippen LogP contribution < -0.4 is 5.32 Å². The summed E-state index contributed by atoms with van der Waals surface area (Å²) in [7, 11) is 2.08. The second-order valence-electron chi connectivity index (χ2n) is 7.82.